The first-order valence-corrected chi connectivity index (χ1v) is 13.4. The second-order valence-corrected chi connectivity index (χ2v) is 11.6. The molecule has 0 unspecified atom stereocenters. The molecule has 0 bridgehead atoms. The van der Waals surface area contributed by atoms with E-state index in [4.69, 9.17) is 0 Å². The molecule has 11 heteroatoms. The smallest absolute Gasteiger partial charge is 0.455 e. The number of benzene rings is 4. The maximum absolute atomic E-state index is 13.9. The summed E-state index contributed by atoms with van der Waals surface area (Å²) < 4.78 is 43.6. The summed E-state index contributed by atoms with van der Waals surface area (Å²) in [7, 11) is 0. The second kappa shape index (κ2) is 11.2. The normalized spacial score (nSPS) is 13.1. The fourth-order valence-corrected chi connectivity index (χ4v) is 7.30. The average Bonchev–Trinajstić information content (AvgIpc) is 3.41. The quantitative estimate of drug-likeness (QED) is 0.205. The van der Waals surface area contributed by atoms with Gasteiger partial charge in [-0.3, -0.25) is 14.2 Å². The summed E-state index contributed by atoms with van der Waals surface area (Å²) in [6.45, 7) is 4.11. The Hall–Kier alpha value is -2.93. The largest absolute Gasteiger partial charge is 0.506 e. The number of aromatic nitrogens is 1. The van der Waals surface area contributed by atoms with Gasteiger partial charge in [0.1, 0.15) is 11.3 Å². The van der Waals surface area contributed by atoms with Gasteiger partial charge in [-0.2, -0.15) is 13.2 Å². The van der Waals surface area contributed by atoms with Crippen molar-refractivity contribution in [1.82, 2.24) is 4.57 Å². The van der Waals surface area contributed by atoms with Crippen molar-refractivity contribution < 1.29 is 83.4 Å². The van der Waals surface area contributed by atoms with E-state index in [1.54, 1.807) is 18.2 Å². The van der Waals surface area contributed by atoms with Crippen LogP contribution in [0, 0.1) is 49.4 Å². The molecule has 221 valence electrons. The zero-order valence-electron chi connectivity index (χ0n) is 22.6. The van der Waals surface area contributed by atoms with Crippen LogP contribution >= 0.6 is 11.3 Å². The molecule has 2 aromatic heterocycles. The summed E-state index contributed by atoms with van der Waals surface area (Å²) in [5.41, 5.74) is 1.67. The summed E-state index contributed by atoms with van der Waals surface area (Å²) >= 11 is 1.37. The van der Waals surface area contributed by atoms with Crippen molar-refractivity contribution in [2.75, 3.05) is 0 Å². The van der Waals surface area contributed by atoms with Crippen LogP contribution in [-0.2, 0) is 5.41 Å². The maximum atomic E-state index is 13.9. The van der Waals surface area contributed by atoms with Gasteiger partial charge in [0, 0.05) is 81.3 Å². The van der Waals surface area contributed by atoms with Crippen LogP contribution < -0.4 is 5.56 Å². The van der Waals surface area contributed by atoms with Gasteiger partial charge < -0.3 is 16.1 Å². The molecule has 0 amide bonds. The molecule has 43 heavy (non-hydrogen) atoms. The fourth-order valence-electron chi connectivity index (χ4n) is 6.06. The summed E-state index contributed by atoms with van der Waals surface area (Å²) in [4.78, 5) is 26.4. The van der Waals surface area contributed by atoms with Gasteiger partial charge >= 0.3 is 6.18 Å². The zero-order chi connectivity index (χ0) is 28.1. The third-order valence-electron chi connectivity index (χ3n) is 7.96. The van der Waals surface area contributed by atoms with Gasteiger partial charge in [0.05, 0.1) is 10.2 Å². The Labute approximate surface area is 287 Å². The Balaban J connectivity index is 0.00000141. The number of hydrogen-bond donors (Lipinski definition) is 1. The maximum Gasteiger partial charge on any atom is 0.455 e. The number of pyridine rings is 1. The summed E-state index contributed by atoms with van der Waals surface area (Å²) in [5, 5.41) is 12.7. The van der Waals surface area contributed by atoms with Crippen LogP contribution in [0.15, 0.2) is 83.7 Å². The van der Waals surface area contributed by atoms with Gasteiger partial charge in [0.25, 0.3) is 11.3 Å². The molecule has 0 saturated heterocycles. The van der Waals surface area contributed by atoms with Crippen molar-refractivity contribution in [3.63, 3.8) is 0 Å². The van der Waals surface area contributed by atoms with Crippen molar-refractivity contribution in [3.05, 3.63) is 106 Å². The van der Waals surface area contributed by atoms with Crippen LogP contribution in [0.25, 0.3) is 47.9 Å². The predicted octanol–water partition coefficient (Wildman–Crippen LogP) is 6.47. The predicted molar refractivity (Wildman–Crippen MR) is 159 cm³/mol. The van der Waals surface area contributed by atoms with Gasteiger partial charge in [0.2, 0.25) is 0 Å². The van der Waals surface area contributed by atoms with Gasteiger partial charge in [-0.15, -0.1) is 11.3 Å². The average molecular weight is 744 g/mol. The Morgan fingerprint density at radius 1 is 0.837 bits per heavy atom. The van der Waals surface area contributed by atoms with Crippen LogP contribution in [0.3, 0.4) is 0 Å². The minimum atomic E-state index is -5.34. The van der Waals surface area contributed by atoms with E-state index < -0.39 is 34.2 Å². The van der Waals surface area contributed by atoms with Crippen LogP contribution in [0.4, 0.5) is 13.2 Å². The number of nitrogens with zero attached hydrogens (tertiary/aromatic N) is 1. The Morgan fingerprint density at radius 2 is 1.47 bits per heavy atom. The Morgan fingerprint density at radius 3 is 2.19 bits per heavy atom. The minimum Gasteiger partial charge on any atom is -0.506 e. The number of fused-ring (bicyclic) bond motifs is 8. The molecule has 2 heterocycles. The molecule has 5 N–H and O–H groups in total. The molecule has 6 aromatic rings. The zero-order valence-corrected chi connectivity index (χ0v) is 25.9. The SMILES string of the molecule is CC1(C)c2ccccc2-c2ccc(-n3c(=O)c(C(=O)C(F)(F)F)c(O)c4ccc5c6ccccc6sc5c43)cc21.O.O.[Eu]. The number of halogens is 3. The van der Waals surface area contributed by atoms with E-state index in [9.17, 15) is 27.9 Å². The summed E-state index contributed by atoms with van der Waals surface area (Å²) in [6, 6.07) is 24.1. The molecular formula is C32H24EuF3NO5S. The van der Waals surface area contributed by atoms with Crippen molar-refractivity contribution >= 4 is 48.2 Å². The molecule has 1 aliphatic rings. The molecule has 6 nitrogen and oxygen atoms in total. The van der Waals surface area contributed by atoms with E-state index in [-0.39, 0.29) is 71.2 Å². The van der Waals surface area contributed by atoms with Gasteiger partial charge in [0.15, 0.2) is 0 Å². The number of rotatable bonds is 2. The number of thiophene rings is 1. The van der Waals surface area contributed by atoms with Crippen molar-refractivity contribution in [3.8, 4) is 22.6 Å². The van der Waals surface area contributed by atoms with E-state index in [0.717, 1.165) is 42.3 Å². The third-order valence-corrected chi connectivity index (χ3v) is 9.16. The molecule has 4 aromatic carbocycles. The molecule has 1 aliphatic carbocycles. The number of alkyl halides is 3. The summed E-state index contributed by atoms with van der Waals surface area (Å²) in [5.74, 6) is -3.34. The fraction of sp³-hybridized carbons (Fsp3) is 0.125. The van der Waals surface area contributed by atoms with Crippen molar-refractivity contribution in [1.29, 1.82) is 0 Å². The monoisotopic (exact) mass is 744 g/mol. The molecule has 7 rings (SSSR count). The first-order valence-electron chi connectivity index (χ1n) is 12.6. The van der Waals surface area contributed by atoms with E-state index in [1.165, 1.54) is 17.4 Å². The number of ketones is 1. The molecule has 0 fully saturated rings. The minimum absolute atomic E-state index is 0. The number of Topliss-reactive ketones (excluding diaryl/α,β-unsaturated/α-hetero) is 1. The van der Waals surface area contributed by atoms with Crippen molar-refractivity contribution in [2.45, 2.75) is 25.4 Å². The van der Waals surface area contributed by atoms with E-state index >= 15 is 0 Å². The van der Waals surface area contributed by atoms with Crippen molar-refractivity contribution in [2.24, 2.45) is 0 Å². The molecular weight excluding hydrogens is 719 g/mol. The number of carbonyl (C=O) groups is 1. The van der Waals surface area contributed by atoms with Gasteiger partial charge in [-0.25, -0.2) is 0 Å². The van der Waals surface area contributed by atoms with Crippen LogP contribution in [0.5, 0.6) is 5.75 Å². The standard InChI is InChI=1S/C32H20F3NO3S.Eu.2H2O/c1-31(2)22-9-5-3-7-17(22)18-12-11-16(15-23(18)31)36-26-21(27(37)25(30(36)39)29(38)32(33,34)35)14-13-20-19-8-4-6-10-24(19)40-28(20)26;;;/h3-15,37H,1-2H3;;2*1H2. The van der Waals surface area contributed by atoms with Gasteiger partial charge in [-0.1, -0.05) is 68.4 Å². The van der Waals surface area contributed by atoms with Crippen LogP contribution in [0.2, 0.25) is 0 Å². The Bertz CT molecular complexity index is 2150. The van der Waals surface area contributed by atoms with Crippen LogP contribution in [0.1, 0.15) is 35.3 Å². The topological polar surface area (TPSA) is 122 Å². The second-order valence-electron chi connectivity index (χ2n) is 10.5. The first-order chi connectivity index (χ1) is 19.0. The first kappa shape index (κ1) is 33.0. The molecule has 0 saturated carbocycles. The van der Waals surface area contributed by atoms with Crippen LogP contribution in [-0.4, -0.2) is 32.6 Å². The van der Waals surface area contributed by atoms with E-state index in [0.29, 0.717) is 10.4 Å². The summed E-state index contributed by atoms with van der Waals surface area (Å²) in [6.07, 6.45) is -5.34. The van der Waals surface area contributed by atoms with E-state index in [1.807, 2.05) is 54.6 Å². The molecule has 0 spiro atoms. The molecule has 1 radical (unpaired) electrons. The number of hydrogen-bond acceptors (Lipinski definition) is 4. The number of aromatic hydroxyl groups is 1. The molecule has 0 atom stereocenters. The van der Waals surface area contributed by atoms with Gasteiger partial charge in [-0.05, 0) is 46.5 Å². The molecule has 0 aliphatic heterocycles. The number of carbonyl (C=O) groups excluding carboxylic acids is 1. The Kier molecular flexibility index (Phi) is 8.60. The van der Waals surface area contributed by atoms with E-state index in [2.05, 4.69) is 13.8 Å². The third kappa shape index (κ3) is 4.68.